The third-order valence-electron chi connectivity index (χ3n) is 7.14. The van der Waals surface area contributed by atoms with Crippen molar-refractivity contribution >= 4 is 5.91 Å². The van der Waals surface area contributed by atoms with Gasteiger partial charge in [0.25, 0.3) is 5.91 Å². The molecule has 1 spiro atoms. The molecule has 33 heavy (non-hydrogen) atoms. The summed E-state index contributed by atoms with van der Waals surface area (Å²) in [6.07, 6.45) is -5.87. The minimum Gasteiger partial charge on any atom is -0.386 e. The molecule has 1 aromatic heterocycles. The number of carbonyl (C=O) groups is 1. The van der Waals surface area contributed by atoms with E-state index in [0.717, 1.165) is 11.6 Å². The molecule has 1 amide bonds. The first kappa shape index (κ1) is 23.8. The van der Waals surface area contributed by atoms with E-state index < -0.39 is 29.2 Å². The van der Waals surface area contributed by atoms with Crippen molar-refractivity contribution in [1.29, 1.82) is 0 Å². The molecule has 3 heterocycles. The highest BCUT2D eigenvalue weighted by atomic mass is 19.4. The Hall–Kier alpha value is -2.39. The fourth-order valence-electron chi connectivity index (χ4n) is 5.45. The van der Waals surface area contributed by atoms with Crippen molar-refractivity contribution in [2.45, 2.75) is 57.2 Å². The molecule has 180 valence electrons. The van der Waals surface area contributed by atoms with Crippen molar-refractivity contribution < 1.29 is 27.5 Å². The van der Waals surface area contributed by atoms with Gasteiger partial charge in [0.1, 0.15) is 11.9 Å². The summed E-state index contributed by atoms with van der Waals surface area (Å²) in [5.74, 6) is -0.331. The Morgan fingerprint density at radius 3 is 2.39 bits per heavy atom. The van der Waals surface area contributed by atoms with Crippen LogP contribution in [0.2, 0.25) is 0 Å². The maximum atomic E-state index is 15.8. The van der Waals surface area contributed by atoms with E-state index >= 15 is 4.39 Å². The van der Waals surface area contributed by atoms with Gasteiger partial charge in [-0.15, -0.1) is 0 Å². The number of amides is 1. The first-order valence-corrected chi connectivity index (χ1v) is 11.0. The van der Waals surface area contributed by atoms with Crippen LogP contribution >= 0.6 is 0 Å². The molecule has 4 rings (SSSR count). The average molecular weight is 468 g/mol. The highest BCUT2D eigenvalue weighted by Crippen LogP contribution is 2.45. The molecular weight excluding hydrogens is 438 g/mol. The van der Waals surface area contributed by atoms with Gasteiger partial charge in [0.05, 0.1) is 17.7 Å². The van der Waals surface area contributed by atoms with Crippen molar-refractivity contribution in [2.75, 3.05) is 26.7 Å². The second-order valence-corrected chi connectivity index (χ2v) is 9.66. The monoisotopic (exact) mass is 467 g/mol. The van der Waals surface area contributed by atoms with E-state index in [1.807, 2.05) is 0 Å². The number of rotatable bonds is 2. The highest BCUT2D eigenvalue weighted by Gasteiger charge is 2.53. The zero-order valence-electron chi connectivity index (χ0n) is 19.2. The number of likely N-dealkylation sites (N-methyl/N-ethyl adjacent to an activating group) is 1. The third-order valence-corrected chi connectivity index (χ3v) is 7.14. The largest absolute Gasteiger partial charge is 0.431 e. The van der Waals surface area contributed by atoms with Crippen molar-refractivity contribution in [1.82, 2.24) is 14.4 Å². The van der Waals surface area contributed by atoms with Crippen LogP contribution < -0.4 is 0 Å². The van der Waals surface area contributed by atoms with Crippen LogP contribution in [0.1, 0.15) is 53.1 Å². The molecule has 0 saturated carbocycles. The lowest BCUT2D eigenvalue weighted by molar-refractivity contribution is -0.145. The molecule has 0 radical (unpaired) electrons. The van der Waals surface area contributed by atoms with Gasteiger partial charge in [-0.3, -0.25) is 9.69 Å². The molecule has 2 aromatic rings. The van der Waals surface area contributed by atoms with Gasteiger partial charge in [-0.1, -0.05) is 6.07 Å². The molecule has 1 fully saturated rings. The molecule has 2 aliphatic rings. The lowest BCUT2D eigenvalue weighted by Gasteiger charge is -2.52. The summed E-state index contributed by atoms with van der Waals surface area (Å²) in [4.78, 5) is 16.3. The zero-order chi connectivity index (χ0) is 24.3. The van der Waals surface area contributed by atoms with E-state index in [2.05, 4.69) is 0 Å². The number of hydrogen-bond donors (Lipinski definition) is 1. The van der Waals surface area contributed by atoms with Crippen LogP contribution in [0, 0.1) is 6.92 Å². The summed E-state index contributed by atoms with van der Waals surface area (Å²) < 4.78 is 57.4. The van der Waals surface area contributed by atoms with Crippen LogP contribution in [0.15, 0.2) is 30.3 Å². The Kier molecular flexibility index (Phi) is 5.64. The molecule has 1 aromatic carbocycles. The Bertz CT molecular complexity index is 1070. The molecule has 2 atom stereocenters. The van der Waals surface area contributed by atoms with E-state index in [4.69, 9.17) is 0 Å². The predicted octanol–water partition coefficient (Wildman–Crippen LogP) is 4.07. The Morgan fingerprint density at radius 1 is 1.12 bits per heavy atom. The number of fused-ring (bicyclic) bond motifs is 2. The van der Waals surface area contributed by atoms with Crippen LogP contribution in [0.5, 0.6) is 0 Å². The van der Waals surface area contributed by atoms with Crippen molar-refractivity contribution in [3.8, 4) is 0 Å². The van der Waals surface area contributed by atoms with E-state index in [0.29, 0.717) is 16.8 Å². The summed E-state index contributed by atoms with van der Waals surface area (Å²) in [5.41, 5.74) is -0.870. The van der Waals surface area contributed by atoms with Crippen LogP contribution in [-0.2, 0) is 23.9 Å². The van der Waals surface area contributed by atoms with Gasteiger partial charge < -0.3 is 14.6 Å². The van der Waals surface area contributed by atoms with Crippen molar-refractivity contribution in [2.24, 2.45) is 0 Å². The van der Waals surface area contributed by atoms with E-state index in [1.165, 1.54) is 15.5 Å². The Balaban J connectivity index is 1.60. The topological polar surface area (TPSA) is 48.7 Å². The second-order valence-electron chi connectivity index (χ2n) is 9.66. The summed E-state index contributed by atoms with van der Waals surface area (Å²) in [6.45, 7) is 5.57. The fourth-order valence-corrected chi connectivity index (χ4v) is 5.45. The predicted molar refractivity (Wildman–Crippen MR) is 116 cm³/mol. The Morgan fingerprint density at radius 2 is 1.82 bits per heavy atom. The van der Waals surface area contributed by atoms with E-state index in [1.54, 1.807) is 50.9 Å². The number of hydrogen-bond acceptors (Lipinski definition) is 3. The highest BCUT2D eigenvalue weighted by molar-refractivity contribution is 5.94. The number of likely N-dealkylation sites (tertiary alicyclic amines) is 1. The molecule has 0 bridgehead atoms. The van der Waals surface area contributed by atoms with Gasteiger partial charge in [-0.05, 0) is 69.6 Å². The van der Waals surface area contributed by atoms with Crippen LogP contribution in [0.25, 0.3) is 0 Å². The van der Waals surface area contributed by atoms with Crippen LogP contribution in [0.3, 0.4) is 0 Å². The lowest BCUT2D eigenvalue weighted by atomic mass is 9.79. The normalized spacial score (nSPS) is 24.3. The molecule has 2 aliphatic heterocycles. The van der Waals surface area contributed by atoms with E-state index in [9.17, 15) is 23.1 Å². The molecular formula is C24H29F4N3O2. The Labute approximate surface area is 190 Å². The SMILES string of the molecule is Cc1cc(C(=O)N2CC[C@@]3(c4ccc(C(F)(F)F)n4CCN3C)C(F)C2)ccc1C(C)(C)O. The zero-order valence-corrected chi connectivity index (χ0v) is 19.2. The van der Waals surface area contributed by atoms with Crippen molar-refractivity contribution in [3.63, 3.8) is 0 Å². The van der Waals surface area contributed by atoms with Crippen molar-refractivity contribution in [3.05, 3.63) is 58.4 Å². The number of alkyl halides is 4. The number of carbonyl (C=O) groups excluding carboxylic acids is 1. The van der Waals surface area contributed by atoms with E-state index in [-0.39, 0.29) is 38.5 Å². The summed E-state index contributed by atoms with van der Waals surface area (Å²) in [5, 5.41) is 10.3. The first-order chi connectivity index (χ1) is 15.3. The maximum absolute atomic E-state index is 15.8. The van der Waals surface area contributed by atoms with Gasteiger partial charge >= 0.3 is 6.18 Å². The average Bonchev–Trinajstić information content (AvgIpc) is 3.16. The third kappa shape index (κ3) is 3.85. The molecule has 5 nitrogen and oxygen atoms in total. The van der Waals surface area contributed by atoms with Gasteiger partial charge in [0, 0.05) is 30.9 Å². The molecule has 1 unspecified atom stereocenters. The second kappa shape index (κ2) is 7.84. The molecule has 9 heteroatoms. The lowest BCUT2D eigenvalue weighted by Crippen LogP contribution is -2.63. The summed E-state index contributed by atoms with van der Waals surface area (Å²) in [6, 6.07) is 7.39. The number of piperidine rings is 1. The number of nitrogens with zero attached hydrogens (tertiary/aromatic N) is 3. The minimum atomic E-state index is -4.51. The number of aromatic nitrogens is 1. The quantitative estimate of drug-likeness (QED) is 0.678. The molecule has 0 aliphatic carbocycles. The summed E-state index contributed by atoms with van der Waals surface area (Å²) >= 11 is 0. The maximum Gasteiger partial charge on any atom is 0.431 e. The number of aryl methyl sites for hydroxylation is 1. The number of benzene rings is 1. The van der Waals surface area contributed by atoms with Crippen LogP contribution in [-0.4, -0.2) is 58.2 Å². The number of aliphatic hydroxyl groups is 1. The standard InChI is InChI=1S/C24H29F4N3O2/c1-15-13-16(5-6-17(15)22(2,3)33)21(32)30-10-9-23(18(25)14-30)19-7-8-20(24(26,27)28)31(19)12-11-29(23)4/h5-8,13,18,33H,9-12,14H2,1-4H3/t18?,23-/m0/s1. The minimum absolute atomic E-state index is 0.137. The van der Waals surface area contributed by atoms with Gasteiger partial charge in [-0.25, -0.2) is 4.39 Å². The van der Waals surface area contributed by atoms with Gasteiger partial charge in [0.15, 0.2) is 0 Å². The van der Waals surface area contributed by atoms with Crippen LogP contribution in [0.4, 0.5) is 17.6 Å². The first-order valence-electron chi connectivity index (χ1n) is 11.0. The number of halogens is 4. The van der Waals surface area contributed by atoms with Gasteiger partial charge in [0.2, 0.25) is 0 Å². The fraction of sp³-hybridized carbons (Fsp3) is 0.542. The molecule has 1 N–H and O–H groups in total. The van der Waals surface area contributed by atoms with Gasteiger partial charge in [-0.2, -0.15) is 13.2 Å². The molecule has 1 saturated heterocycles. The smallest absolute Gasteiger partial charge is 0.386 e. The summed E-state index contributed by atoms with van der Waals surface area (Å²) in [7, 11) is 1.73.